The number of nitrogens with one attached hydrogen (secondary N) is 1. The molecule has 0 aliphatic carbocycles. The van der Waals surface area contributed by atoms with E-state index in [1.165, 1.54) is 5.56 Å². The predicted octanol–water partition coefficient (Wildman–Crippen LogP) is 3.06. The maximum Gasteiger partial charge on any atom is 0.155 e. The molecular weight excluding hydrogens is 248 g/mol. The summed E-state index contributed by atoms with van der Waals surface area (Å²) in [6.45, 7) is 6.66. The number of aromatic nitrogens is 3. The molecule has 0 bridgehead atoms. The minimum absolute atomic E-state index is 0.457. The summed E-state index contributed by atoms with van der Waals surface area (Å²) in [6.07, 6.45) is 3.64. The number of nitrogens with zero attached hydrogens (tertiary/aromatic N) is 3. The Kier molecular flexibility index (Phi) is 3.77. The molecule has 0 radical (unpaired) electrons. The van der Waals surface area contributed by atoms with Crippen LogP contribution in [0.1, 0.15) is 22.3 Å². The van der Waals surface area contributed by atoms with Crippen molar-refractivity contribution >= 4 is 17.4 Å². The van der Waals surface area contributed by atoms with E-state index >= 15 is 0 Å². The molecule has 0 aromatic carbocycles. The van der Waals surface area contributed by atoms with Crippen LogP contribution in [0.2, 0.25) is 5.15 Å². The molecular formula is C13H15ClN4. The van der Waals surface area contributed by atoms with Gasteiger partial charge in [-0.3, -0.25) is 4.98 Å². The van der Waals surface area contributed by atoms with Gasteiger partial charge in [0.05, 0.1) is 0 Å². The molecule has 2 aromatic rings. The second-order valence-corrected chi connectivity index (χ2v) is 4.60. The lowest BCUT2D eigenvalue weighted by molar-refractivity contribution is 0.966. The minimum Gasteiger partial charge on any atom is -0.364 e. The van der Waals surface area contributed by atoms with Gasteiger partial charge in [0, 0.05) is 18.9 Å². The van der Waals surface area contributed by atoms with E-state index in [-0.39, 0.29) is 0 Å². The van der Waals surface area contributed by atoms with Crippen LogP contribution in [0.5, 0.6) is 0 Å². The molecule has 0 saturated heterocycles. The Bertz CT molecular complexity index is 569. The minimum atomic E-state index is 0.457. The zero-order valence-corrected chi connectivity index (χ0v) is 11.4. The number of aryl methyl sites for hydroxylation is 1. The van der Waals surface area contributed by atoms with Crippen molar-refractivity contribution in [3.63, 3.8) is 0 Å². The van der Waals surface area contributed by atoms with Crippen LogP contribution in [0.15, 0.2) is 18.5 Å². The lowest BCUT2D eigenvalue weighted by atomic mass is 10.1. The lowest BCUT2D eigenvalue weighted by Gasteiger charge is -2.11. The van der Waals surface area contributed by atoms with E-state index in [1.807, 2.05) is 33.0 Å². The Balaban J connectivity index is 2.17. The maximum atomic E-state index is 5.92. The average Bonchev–Trinajstić information content (AvgIpc) is 2.37. The normalized spacial score (nSPS) is 10.4. The van der Waals surface area contributed by atoms with Crippen molar-refractivity contribution in [1.29, 1.82) is 0 Å². The molecule has 1 N–H and O–H groups in total. The van der Waals surface area contributed by atoms with Crippen LogP contribution in [0.4, 0.5) is 5.82 Å². The molecule has 0 unspecified atom stereocenters. The first-order valence-corrected chi connectivity index (χ1v) is 6.10. The first-order valence-electron chi connectivity index (χ1n) is 5.72. The van der Waals surface area contributed by atoms with E-state index < -0.39 is 0 Å². The van der Waals surface area contributed by atoms with Gasteiger partial charge in [0.15, 0.2) is 11.0 Å². The third-order valence-corrected chi connectivity index (χ3v) is 3.41. The zero-order chi connectivity index (χ0) is 13.1. The quantitative estimate of drug-likeness (QED) is 0.924. The molecule has 4 nitrogen and oxygen atoms in total. The van der Waals surface area contributed by atoms with Crippen LogP contribution in [0.25, 0.3) is 0 Å². The number of hydrogen-bond donors (Lipinski definition) is 1. The first-order chi connectivity index (χ1) is 8.59. The highest BCUT2D eigenvalue weighted by Crippen LogP contribution is 2.21. The van der Waals surface area contributed by atoms with Gasteiger partial charge >= 0.3 is 0 Å². The molecule has 0 fully saturated rings. The third kappa shape index (κ3) is 2.59. The Morgan fingerprint density at radius 1 is 1.17 bits per heavy atom. The first kappa shape index (κ1) is 12.8. The van der Waals surface area contributed by atoms with Crippen molar-refractivity contribution in [2.75, 3.05) is 5.32 Å². The fraction of sp³-hybridized carbons (Fsp3) is 0.308. The van der Waals surface area contributed by atoms with Gasteiger partial charge < -0.3 is 5.32 Å². The SMILES string of the molecule is Cc1cnccc1CNc1nnc(Cl)c(C)c1C. The second-order valence-electron chi connectivity index (χ2n) is 4.25. The number of pyridine rings is 1. The van der Waals surface area contributed by atoms with Crippen LogP contribution in [0, 0.1) is 20.8 Å². The Labute approximate surface area is 111 Å². The van der Waals surface area contributed by atoms with E-state index in [9.17, 15) is 0 Å². The van der Waals surface area contributed by atoms with Crippen LogP contribution in [-0.4, -0.2) is 15.2 Å². The van der Waals surface area contributed by atoms with Gasteiger partial charge in [-0.15, -0.1) is 10.2 Å². The summed E-state index contributed by atoms with van der Waals surface area (Å²) in [7, 11) is 0. The monoisotopic (exact) mass is 262 g/mol. The molecule has 18 heavy (non-hydrogen) atoms. The van der Waals surface area contributed by atoms with E-state index in [4.69, 9.17) is 11.6 Å². The van der Waals surface area contributed by atoms with E-state index in [0.717, 1.165) is 22.5 Å². The van der Waals surface area contributed by atoms with Crippen LogP contribution >= 0.6 is 11.6 Å². The molecule has 5 heteroatoms. The second kappa shape index (κ2) is 5.31. The summed E-state index contributed by atoms with van der Waals surface area (Å²) < 4.78 is 0. The number of rotatable bonds is 3. The standard InChI is InChI=1S/C13H15ClN4/c1-8-6-15-5-4-11(8)7-16-13-10(3)9(2)12(14)17-18-13/h4-6H,7H2,1-3H3,(H,16,18). The smallest absolute Gasteiger partial charge is 0.155 e. The van der Waals surface area contributed by atoms with Gasteiger partial charge in [0.25, 0.3) is 0 Å². The zero-order valence-electron chi connectivity index (χ0n) is 10.7. The largest absolute Gasteiger partial charge is 0.364 e. The van der Waals surface area contributed by atoms with E-state index in [0.29, 0.717) is 11.7 Å². The van der Waals surface area contributed by atoms with Gasteiger partial charge in [-0.2, -0.15) is 0 Å². The van der Waals surface area contributed by atoms with Gasteiger partial charge in [-0.1, -0.05) is 11.6 Å². The molecule has 0 amide bonds. The Morgan fingerprint density at radius 2 is 1.94 bits per heavy atom. The average molecular weight is 263 g/mol. The molecule has 0 spiro atoms. The molecule has 2 heterocycles. The van der Waals surface area contributed by atoms with Crippen molar-refractivity contribution in [3.05, 3.63) is 45.9 Å². The Morgan fingerprint density at radius 3 is 2.67 bits per heavy atom. The summed E-state index contributed by atoms with van der Waals surface area (Å²) in [6, 6.07) is 1.99. The molecule has 2 aromatic heterocycles. The van der Waals surface area contributed by atoms with Crippen molar-refractivity contribution in [2.45, 2.75) is 27.3 Å². The van der Waals surface area contributed by atoms with Crippen molar-refractivity contribution in [3.8, 4) is 0 Å². The van der Waals surface area contributed by atoms with Gasteiger partial charge in [-0.25, -0.2) is 0 Å². The van der Waals surface area contributed by atoms with Crippen LogP contribution in [-0.2, 0) is 6.54 Å². The maximum absolute atomic E-state index is 5.92. The molecule has 0 aliphatic heterocycles. The fourth-order valence-corrected chi connectivity index (χ4v) is 1.80. The van der Waals surface area contributed by atoms with Gasteiger partial charge in [0.1, 0.15) is 0 Å². The highest BCUT2D eigenvalue weighted by atomic mass is 35.5. The van der Waals surface area contributed by atoms with E-state index in [2.05, 4.69) is 20.5 Å². The summed E-state index contributed by atoms with van der Waals surface area (Å²) in [4.78, 5) is 4.07. The van der Waals surface area contributed by atoms with Crippen LogP contribution in [0.3, 0.4) is 0 Å². The topological polar surface area (TPSA) is 50.7 Å². The summed E-state index contributed by atoms with van der Waals surface area (Å²) >= 11 is 5.92. The van der Waals surface area contributed by atoms with Crippen molar-refractivity contribution < 1.29 is 0 Å². The van der Waals surface area contributed by atoms with E-state index in [1.54, 1.807) is 6.20 Å². The number of hydrogen-bond acceptors (Lipinski definition) is 4. The van der Waals surface area contributed by atoms with Crippen molar-refractivity contribution in [2.24, 2.45) is 0 Å². The summed E-state index contributed by atoms with van der Waals surface area (Å²) in [5.74, 6) is 0.771. The molecule has 0 aliphatic rings. The predicted molar refractivity (Wildman–Crippen MR) is 72.8 cm³/mol. The molecule has 0 atom stereocenters. The van der Waals surface area contributed by atoms with Crippen LogP contribution < -0.4 is 5.32 Å². The highest BCUT2D eigenvalue weighted by molar-refractivity contribution is 6.30. The van der Waals surface area contributed by atoms with Crippen molar-refractivity contribution in [1.82, 2.24) is 15.2 Å². The number of anilines is 1. The number of halogens is 1. The summed E-state index contributed by atoms with van der Waals surface area (Å²) in [5, 5.41) is 11.7. The van der Waals surface area contributed by atoms with Gasteiger partial charge in [-0.05, 0) is 49.1 Å². The summed E-state index contributed by atoms with van der Waals surface area (Å²) in [5.41, 5.74) is 4.34. The lowest BCUT2D eigenvalue weighted by Crippen LogP contribution is -2.07. The molecule has 0 saturated carbocycles. The highest BCUT2D eigenvalue weighted by Gasteiger charge is 2.08. The fourth-order valence-electron chi connectivity index (χ4n) is 1.62. The van der Waals surface area contributed by atoms with Gasteiger partial charge in [0.2, 0.25) is 0 Å². The molecule has 94 valence electrons. The Hall–Kier alpha value is -1.68. The third-order valence-electron chi connectivity index (χ3n) is 3.05. The molecule has 2 rings (SSSR count).